The summed E-state index contributed by atoms with van der Waals surface area (Å²) in [4.78, 5) is 12.2. The zero-order valence-corrected chi connectivity index (χ0v) is 15.8. The molecule has 0 aliphatic rings. The van der Waals surface area contributed by atoms with Crippen molar-refractivity contribution in [2.24, 2.45) is 0 Å². The summed E-state index contributed by atoms with van der Waals surface area (Å²) in [6, 6.07) is 13.7. The number of ether oxygens (including phenoxy) is 1. The van der Waals surface area contributed by atoms with E-state index in [1.54, 1.807) is 0 Å². The Morgan fingerprint density at radius 3 is 2.52 bits per heavy atom. The highest BCUT2D eigenvalue weighted by atomic mass is 32.2. The van der Waals surface area contributed by atoms with Crippen LogP contribution in [0.1, 0.15) is 21.5 Å². The number of rotatable bonds is 7. The molecule has 2 aromatic carbocycles. The van der Waals surface area contributed by atoms with Crippen molar-refractivity contribution in [2.75, 3.05) is 5.32 Å². The van der Waals surface area contributed by atoms with E-state index in [2.05, 4.69) is 44.5 Å². The number of thioether (sulfide) groups is 1. The van der Waals surface area contributed by atoms with Gasteiger partial charge in [-0.05, 0) is 36.8 Å². The van der Waals surface area contributed by atoms with Gasteiger partial charge in [0.2, 0.25) is 5.13 Å². The van der Waals surface area contributed by atoms with Crippen LogP contribution in [0.25, 0.3) is 0 Å². The molecule has 1 heterocycles. The van der Waals surface area contributed by atoms with Gasteiger partial charge in [-0.2, -0.15) is 8.78 Å². The van der Waals surface area contributed by atoms with Crippen LogP contribution in [0.5, 0.6) is 5.75 Å². The number of anilines is 1. The number of aryl methyl sites for hydroxylation is 1. The first-order chi connectivity index (χ1) is 13.0. The molecule has 0 aliphatic heterocycles. The maximum absolute atomic E-state index is 12.2. The summed E-state index contributed by atoms with van der Waals surface area (Å²) in [5.74, 6) is 0.353. The third kappa shape index (κ3) is 5.73. The fraction of sp³-hybridized carbons (Fsp3) is 0.167. The third-order valence-electron chi connectivity index (χ3n) is 3.45. The highest BCUT2D eigenvalue weighted by Crippen LogP contribution is 2.28. The number of nitrogens with zero attached hydrogens (tertiary/aromatic N) is 2. The number of aromatic nitrogens is 2. The number of nitrogens with one attached hydrogen (secondary N) is 1. The number of hydrogen-bond donors (Lipinski definition) is 1. The molecule has 9 heteroatoms. The Hall–Kier alpha value is -2.52. The first-order valence-electron chi connectivity index (χ1n) is 7.87. The van der Waals surface area contributed by atoms with Crippen LogP contribution in [-0.2, 0) is 5.75 Å². The SMILES string of the molecule is Cc1ccc(CSc2nnc(NC(=O)c3ccc(OC(F)F)cc3)s2)cc1. The fourth-order valence-corrected chi connectivity index (χ4v) is 3.81. The largest absolute Gasteiger partial charge is 0.435 e. The molecule has 1 N–H and O–H groups in total. The van der Waals surface area contributed by atoms with E-state index >= 15 is 0 Å². The molecule has 140 valence electrons. The first kappa shape index (κ1) is 19.2. The molecule has 0 unspecified atom stereocenters. The lowest BCUT2D eigenvalue weighted by molar-refractivity contribution is -0.0498. The monoisotopic (exact) mass is 407 g/mol. The van der Waals surface area contributed by atoms with Gasteiger partial charge in [0.15, 0.2) is 4.34 Å². The van der Waals surface area contributed by atoms with Crippen LogP contribution >= 0.6 is 23.1 Å². The summed E-state index contributed by atoms with van der Waals surface area (Å²) in [6.45, 7) is -0.863. The summed E-state index contributed by atoms with van der Waals surface area (Å²) in [7, 11) is 0. The van der Waals surface area contributed by atoms with Gasteiger partial charge in [-0.1, -0.05) is 52.9 Å². The molecule has 27 heavy (non-hydrogen) atoms. The van der Waals surface area contributed by atoms with Gasteiger partial charge in [0.05, 0.1) is 0 Å². The van der Waals surface area contributed by atoms with Crippen molar-refractivity contribution in [3.8, 4) is 5.75 Å². The van der Waals surface area contributed by atoms with E-state index in [9.17, 15) is 13.6 Å². The van der Waals surface area contributed by atoms with E-state index in [-0.39, 0.29) is 5.75 Å². The Morgan fingerprint density at radius 2 is 1.85 bits per heavy atom. The summed E-state index contributed by atoms with van der Waals surface area (Å²) >= 11 is 2.81. The summed E-state index contributed by atoms with van der Waals surface area (Å²) in [5, 5.41) is 11.0. The number of amides is 1. The number of hydrogen-bond acceptors (Lipinski definition) is 6. The molecule has 1 aromatic heterocycles. The Kier molecular flexibility index (Phi) is 6.36. The third-order valence-corrected chi connectivity index (χ3v) is 5.49. The summed E-state index contributed by atoms with van der Waals surface area (Å²) < 4.78 is 29.3. The summed E-state index contributed by atoms with van der Waals surface area (Å²) in [5.41, 5.74) is 2.69. The van der Waals surface area contributed by atoms with E-state index < -0.39 is 12.5 Å². The van der Waals surface area contributed by atoms with Gasteiger partial charge >= 0.3 is 6.61 Å². The quantitative estimate of drug-likeness (QED) is 0.441. The average Bonchev–Trinajstić information content (AvgIpc) is 3.08. The molecule has 0 bridgehead atoms. The van der Waals surface area contributed by atoms with E-state index in [1.807, 2.05) is 6.92 Å². The predicted molar refractivity (Wildman–Crippen MR) is 102 cm³/mol. The fourth-order valence-electron chi connectivity index (χ4n) is 2.11. The smallest absolute Gasteiger partial charge is 0.387 e. The molecule has 0 radical (unpaired) electrons. The van der Waals surface area contributed by atoms with Gasteiger partial charge in [-0.15, -0.1) is 10.2 Å². The number of carbonyl (C=O) groups excluding carboxylic acids is 1. The van der Waals surface area contributed by atoms with Crippen LogP contribution in [0, 0.1) is 6.92 Å². The van der Waals surface area contributed by atoms with E-state index in [0.717, 1.165) is 10.1 Å². The number of benzene rings is 2. The van der Waals surface area contributed by atoms with Crippen molar-refractivity contribution in [1.29, 1.82) is 0 Å². The molecule has 0 aliphatic carbocycles. The molecule has 5 nitrogen and oxygen atoms in total. The highest BCUT2D eigenvalue weighted by Gasteiger charge is 2.12. The zero-order valence-electron chi connectivity index (χ0n) is 14.2. The van der Waals surface area contributed by atoms with Gasteiger partial charge in [0.25, 0.3) is 5.91 Å². The van der Waals surface area contributed by atoms with Crippen LogP contribution in [0.3, 0.4) is 0 Å². The normalized spacial score (nSPS) is 10.8. The number of halogens is 2. The molecule has 0 atom stereocenters. The van der Waals surface area contributed by atoms with E-state index in [4.69, 9.17) is 0 Å². The average molecular weight is 407 g/mol. The van der Waals surface area contributed by atoms with E-state index in [1.165, 1.54) is 58.5 Å². The second kappa shape index (κ2) is 8.92. The maximum atomic E-state index is 12.2. The Bertz CT molecular complexity index is 900. The van der Waals surface area contributed by atoms with Crippen molar-refractivity contribution < 1.29 is 18.3 Å². The zero-order chi connectivity index (χ0) is 19.2. The molecule has 3 aromatic rings. The van der Waals surface area contributed by atoms with Gasteiger partial charge < -0.3 is 4.74 Å². The molecule has 0 saturated carbocycles. The minimum Gasteiger partial charge on any atom is -0.435 e. The Balaban J connectivity index is 1.55. The van der Waals surface area contributed by atoms with E-state index in [0.29, 0.717) is 10.7 Å². The van der Waals surface area contributed by atoms with Crippen LogP contribution in [0.15, 0.2) is 52.9 Å². The topological polar surface area (TPSA) is 64.1 Å². The predicted octanol–water partition coefficient (Wildman–Crippen LogP) is 4.99. The lowest BCUT2D eigenvalue weighted by Gasteiger charge is -2.05. The minimum absolute atomic E-state index is 0.00717. The second-order valence-corrected chi connectivity index (χ2v) is 7.70. The van der Waals surface area contributed by atoms with Crippen molar-refractivity contribution in [1.82, 2.24) is 10.2 Å². The molecule has 0 fully saturated rings. The minimum atomic E-state index is -2.90. The van der Waals surface area contributed by atoms with Crippen molar-refractivity contribution in [2.45, 2.75) is 23.6 Å². The number of carbonyl (C=O) groups is 1. The Labute approximate surface area is 162 Å². The van der Waals surface area contributed by atoms with Gasteiger partial charge in [-0.3, -0.25) is 10.1 Å². The lowest BCUT2D eigenvalue weighted by Crippen LogP contribution is -2.11. The second-order valence-electron chi connectivity index (χ2n) is 5.50. The van der Waals surface area contributed by atoms with Crippen molar-refractivity contribution >= 4 is 34.1 Å². The molecule has 3 rings (SSSR count). The maximum Gasteiger partial charge on any atom is 0.387 e. The van der Waals surface area contributed by atoms with Gasteiger partial charge in [0, 0.05) is 11.3 Å². The van der Waals surface area contributed by atoms with Crippen LogP contribution in [0.4, 0.5) is 13.9 Å². The molecule has 1 amide bonds. The van der Waals surface area contributed by atoms with Crippen molar-refractivity contribution in [3.05, 3.63) is 65.2 Å². The lowest BCUT2D eigenvalue weighted by atomic mass is 10.2. The highest BCUT2D eigenvalue weighted by molar-refractivity contribution is 8.00. The van der Waals surface area contributed by atoms with Crippen molar-refractivity contribution in [3.63, 3.8) is 0 Å². The van der Waals surface area contributed by atoms with Crippen LogP contribution in [0.2, 0.25) is 0 Å². The summed E-state index contributed by atoms with van der Waals surface area (Å²) in [6.07, 6.45) is 0. The molecule has 0 spiro atoms. The van der Waals surface area contributed by atoms with Gasteiger partial charge in [-0.25, -0.2) is 0 Å². The van der Waals surface area contributed by atoms with Gasteiger partial charge in [0.1, 0.15) is 5.75 Å². The molecular weight excluding hydrogens is 392 g/mol. The first-order valence-corrected chi connectivity index (χ1v) is 9.68. The Morgan fingerprint density at radius 1 is 1.15 bits per heavy atom. The van der Waals surface area contributed by atoms with Crippen LogP contribution < -0.4 is 10.1 Å². The van der Waals surface area contributed by atoms with Crippen LogP contribution in [-0.4, -0.2) is 22.7 Å². The standard InChI is InChI=1S/C18H15F2N3O2S2/c1-11-2-4-12(5-3-11)10-26-18-23-22-17(27-18)21-15(24)13-6-8-14(9-7-13)25-16(19)20/h2-9,16H,10H2,1H3,(H,21,22,24). The molecular formula is C18H15F2N3O2S2. The number of alkyl halides is 2. The molecule has 0 saturated heterocycles.